The minimum Gasteiger partial charge on any atom is -0.418 e. The molecule has 0 bridgehead atoms. The lowest BCUT2D eigenvalue weighted by Gasteiger charge is -1.96. The molecule has 2 aromatic rings. The molecule has 0 fully saturated rings. The van der Waals surface area contributed by atoms with Crippen LogP contribution in [0.4, 0.5) is 5.88 Å². The highest BCUT2D eigenvalue weighted by Gasteiger charge is 2.12. The highest BCUT2D eigenvalue weighted by molar-refractivity contribution is 5.80. The summed E-state index contributed by atoms with van der Waals surface area (Å²) in [6.07, 6.45) is 1.64. The van der Waals surface area contributed by atoms with Crippen LogP contribution in [0.15, 0.2) is 40.4 Å². The molecular weight excluding hydrogens is 252 g/mol. The summed E-state index contributed by atoms with van der Waals surface area (Å²) in [5, 5.41) is 13.0. The van der Waals surface area contributed by atoms with E-state index in [2.05, 4.69) is 22.1 Å². The number of anilines is 1. The van der Waals surface area contributed by atoms with Crippen molar-refractivity contribution in [3.05, 3.63) is 53.6 Å². The van der Waals surface area contributed by atoms with Crippen LogP contribution < -0.4 is 5.43 Å². The van der Waals surface area contributed by atoms with Gasteiger partial charge in [0.05, 0.1) is 6.21 Å². The normalized spacial score (nSPS) is 10.4. The molecule has 0 aliphatic heterocycles. The third-order valence-corrected chi connectivity index (χ3v) is 2.56. The monoisotopic (exact) mass is 266 g/mol. The van der Waals surface area contributed by atoms with Crippen LogP contribution in [0.2, 0.25) is 0 Å². The van der Waals surface area contributed by atoms with Gasteiger partial charge in [-0.15, -0.1) is 0 Å². The highest BCUT2D eigenvalue weighted by Crippen LogP contribution is 2.20. The van der Waals surface area contributed by atoms with E-state index in [-0.39, 0.29) is 11.6 Å². The number of benzene rings is 1. The predicted octanol–water partition coefficient (Wildman–Crippen LogP) is 3.33. The summed E-state index contributed by atoms with van der Waals surface area (Å²) in [5.41, 5.74) is 5.61. The number of hydrogen-bond donors (Lipinski definition) is 1. The fourth-order valence-electron chi connectivity index (χ4n) is 1.47. The summed E-state index contributed by atoms with van der Waals surface area (Å²) < 4.78 is 5.37. The van der Waals surface area contributed by atoms with Crippen LogP contribution in [0.25, 0.3) is 5.57 Å². The molecule has 1 aromatic carbocycles. The summed E-state index contributed by atoms with van der Waals surface area (Å²) in [4.78, 5) is 4.00. The minimum absolute atomic E-state index is 0.157. The molecule has 1 aromatic heterocycles. The maximum Gasteiger partial charge on any atom is 0.252 e. The number of hydrazone groups is 1. The summed E-state index contributed by atoms with van der Waals surface area (Å²) in [6, 6.07) is 9.84. The number of allylic oxidation sites excluding steroid dienone is 1. The number of aromatic nitrogens is 1. The van der Waals surface area contributed by atoms with Gasteiger partial charge in [-0.1, -0.05) is 36.4 Å². The van der Waals surface area contributed by atoms with Crippen molar-refractivity contribution >= 4 is 17.7 Å². The van der Waals surface area contributed by atoms with Crippen LogP contribution in [-0.4, -0.2) is 11.2 Å². The van der Waals surface area contributed by atoms with Crippen molar-refractivity contribution in [1.82, 2.24) is 4.98 Å². The van der Waals surface area contributed by atoms with Gasteiger partial charge in [-0.05, 0) is 19.4 Å². The second-order valence-corrected chi connectivity index (χ2v) is 4.37. The molecule has 0 saturated heterocycles. The van der Waals surface area contributed by atoms with Crippen molar-refractivity contribution < 1.29 is 4.42 Å². The quantitative estimate of drug-likeness (QED) is 0.680. The Morgan fingerprint density at radius 1 is 1.45 bits per heavy atom. The van der Waals surface area contributed by atoms with Crippen LogP contribution in [0.1, 0.15) is 29.6 Å². The van der Waals surface area contributed by atoms with E-state index in [4.69, 9.17) is 9.68 Å². The zero-order valence-electron chi connectivity index (χ0n) is 11.3. The molecule has 0 spiro atoms. The molecule has 0 atom stereocenters. The number of nitriles is 1. The van der Waals surface area contributed by atoms with Gasteiger partial charge in [0.25, 0.3) is 5.88 Å². The second kappa shape index (κ2) is 5.85. The molecule has 0 unspecified atom stereocenters. The van der Waals surface area contributed by atoms with E-state index >= 15 is 0 Å². The molecule has 0 aliphatic carbocycles. The molecule has 0 amide bonds. The molecule has 5 nitrogen and oxygen atoms in total. The molecule has 2 rings (SSSR count). The zero-order valence-corrected chi connectivity index (χ0v) is 11.3. The number of hydrogen-bond acceptors (Lipinski definition) is 5. The van der Waals surface area contributed by atoms with Gasteiger partial charge in [0.1, 0.15) is 6.07 Å². The van der Waals surface area contributed by atoms with Gasteiger partial charge in [-0.3, -0.25) is 0 Å². The Labute approximate surface area is 117 Å². The van der Waals surface area contributed by atoms with Crippen molar-refractivity contribution in [2.75, 3.05) is 5.43 Å². The Kier molecular flexibility index (Phi) is 3.96. The van der Waals surface area contributed by atoms with Gasteiger partial charge in [0.15, 0.2) is 0 Å². The fourth-order valence-corrected chi connectivity index (χ4v) is 1.47. The van der Waals surface area contributed by atoms with Crippen molar-refractivity contribution in [1.29, 1.82) is 5.26 Å². The van der Waals surface area contributed by atoms with Gasteiger partial charge in [-0.2, -0.15) is 15.3 Å². The first-order valence-electron chi connectivity index (χ1n) is 6.02. The number of rotatable bonds is 4. The van der Waals surface area contributed by atoms with Crippen molar-refractivity contribution in [2.45, 2.75) is 13.8 Å². The van der Waals surface area contributed by atoms with Crippen LogP contribution in [-0.2, 0) is 0 Å². The molecular formula is C15H14N4O. The van der Waals surface area contributed by atoms with Gasteiger partial charge in [0.2, 0.25) is 11.6 Å². The van der Waals surface area contributed by atoms with Crippen molar-refractivity contribution in [2.24, 2.45) is 5.10 Å². The maximum absolute atomic E-state index is 8.97. The molecule has 1 N–H and O–H groups in total. The largest absolute Gasteiger partial charge is 0.418 e. The molecule has 20 heavy (non-hydrogen) atoms. The number of nitrogens with zero attached hydrogens (tertiary/aromatic N) is 3. The standard InChI is InChI=1S/C15H14N4O/c1-10(2)14-18-13(8-16)15(20-14)19-17-9-12-6-4-11(3)5-7-12/h4-7,9,19H,1H2,2-3H3/b17-9+. The third-order valence-electron chi connectivity index (χ3n) is 2.56. The highest BCUT2D eigenvalue weighted by atomic mass is 16.4. The molecule has 5 heteroatoms. The molecule has 1 heterocycles. The van der Waals surface area contributed by atoms with E-state index in [1.54, 1.807) is 13.1 Å². The van der Waals surface area contributed by atoms with E-state index < -0.39 is 0 Å². The lowest BCUT2D eigenvalue weighted by molar-refractivity contribution is 0.554. The van der Waals surface area contributed by atoms with Gasteiger partial charge in [-0.25, -0.2) is 5.43 Å². The Bertz CT molecular complexity index is 690. The van der Waals surface area contributed by atoms with Crippen LogP contribution >= 0.6 is 0 Å². The zero-order chi connectivity index (χ0) is 14.5. The molecule has 0 aliphatic rings. The van der Waals surface area contributed by atoms with Crippen LogP contribution in [0, 0.1) is 18.3 Å². The van der Waals surface area contributed by atoms with Gasteiger partial charge in [0, 0.05) is 5.57 Å². The minimum atomic E-state index is 0.157. The Morgan fingerprint density at radius 2 is 2.15 bits per heavy atom. The second-order valence-electron chi connectivity index (χ2n) is 4.37. The Hall–Kier alpha value is -2.87. The van der Waals surface area contributed by atoms with E-state index in [0.29, 0.717) is 11.5 Å². The van der Waals surface area contributed by atoms with E-state index in [1.807, 2.05) is 37.3 Å². The Morgan fingerprint density at radius 3 is 2.75 bits per heavy atom. The van der Waals surface area contributed by atoms with Crippen LogP contribution in [0.3, 0.4) is 0 Å². The molecule has 0 radical (unpaired) electrons. The first-order valence-corrected chi connectivity index (χ1v) is 6.02. The lowest BCUT2D eigenvalue weighted by Crippen LogP contribution is -1.91. The summed E-state index contributed by atoms with van der Waals surface area (Å²) in [6.45, 7) is 7.49. The van der Waals surface area contributed by atoms with Crippen molar-refractivity contribution in [3.8, 4) is 6.07 Å². The lowest BCUT2D eigenvalue weighted by atomic mass is 10.2. The predicted molar refractivity (Wildman–Crippen MR) is 78.3 cm³/mol. The van der Waals surface area contributed by atoms with E-state index in [0.717, 1.165) is 5.56 Å². The van der Waals surface area contributed by atoms with E-state index in [9.17, 15) is 0 Å². The summed E-state index contributed by atoms with van der Waals surface area (Å²) >= 11 is 0. The number of nitrogens with one attached hydrogen (secondary N) is 1. The van der Waals surface area contributed by atoms with Crippen molar-refractivity contribution in [3.63, 3.8) is 0 Å². The average Bonchev–Trinajstić information content (AvgIpc) is 2.84. The summed E-state index contributed by atoms with van der Waals surface area (Å²) in [7, 11) is 0. The SMILES string of the molecule is C=C(C)c1nc(C#N)c(N/N=C/c2ccc(C)cc2)o1. The fraction of sp³-hybridized carbons (Fsp3) is 0.133. The first kappa shape index (κ1) is 13.6. The first-order chi connectivity index (χ1) is 9.60. The Balaban J connectivity index is 2.12. The van der Waals surface area contributed by atoms with Gasteiger partial charge >= 0.3 is 0 Å². The summed E-state index contributed by atoms with van der Waals surface area (Å²) in [5.74, 6) is 0.545. The maximum atomic E-state index is 8.97. The number of oxazole rings is 1. The van der Waals surface area contributed by atoms with Crippen LogP contribution in [0.5, 0.6) is 0 Å². The topological polar surface area (TPSA) is 74.2 Å². The smallest absolute Gasteiger partial charge is 0.252 e. The number of aryl methyl sites for hydroxylation is 1. The third kappa shape index (κ3) is 3.12. The average molecular weight is 266 g/mol. The molecule has 0 saturated carbocycles. The van der Waals surface area contributed by atoms with E-state index in [1.165, 1.54) is 5.56 Å². The molecule has 100 valence electrons. The van der Waals surface area contributed by atoms with Gasteiger partial charge < -0.3 is 4.42 Å².